The summed E-state index contributed by atoms with van der Waals surface area (Å²) < 4.78 is 1.87. The topological polar surface area (TPSA) is 66.3 Å². The van der Waals surface area contributed by atoms with Crippen molar-refractivity contribution in [3.05, 3.63) is 41.7 Å². The van der Waals surface area contributed by atoms with E-state index >= 15 is 0 Å². The second-order valence-electron chi connectivity index (χ2n) is 7.36. The first kappa shape index (κ1) is 17.0. The van der Waals surface area contributed by atoms with Gasteiger partial charge in [0.15, 0.2) is 5.69 Å². The zero-order chi connectivity index (χ0) is 18.1. The van der Waals surface area contributed by atoms with Crippen LogP contribution in [0.15, 0.2) is 30.5 Å². The number of hydrogen-bond acceptors (Lipinski definition) is 5. The van der Waals surface area contributed by atoms with Gasteiger partial charge in [-0.05, 0) is 44.5 Å². The number of amides is 1. The van der Waals surface area contributed by atoms with Crippen molar-refractivity contribution in [2.75, 3.05) is 31.6 Å². The highest BCUT2D eigenvalue weighted by Crippen LogP contribution is 2.27. The molecule has 1 saturated heterocycles. The summed E-state index contributed by atoms with van der Waals surface area (Å²) in [5, 5.41) is 11.8. The van der Waals surface area contributed by atoms with Gasteiger partial charge in [0.25, 0.3) is 5.91 Å². The number of likely N-dealkylation sites (N-methyl/N-ethyl adjacent to an activating group) is 1. The van der Waals surface area contributed by atoms with Crippen molar-refractivity contribution in [2.45, 2.75) is 38.4 Å². The lowest BCUT2D eigenvalue weighted by atomic mass is 10.1. The fraction of sp³-hybridized carbons (Fsp3) is 0.526. The van der Waals surface area contributed by atoms with Crippen LogP contribution >= 0.6 is 0 Å². The van der Waals surface area contributed by atoms with E-state index in [0.717, 1.165) is 32.5 Å². The number of anilines is 1. The molecule has 26 heavy (non-hydrogen) atoms. The third-order valence-corrected chi connectivity index (χ3v) is 5.49. The summed E-state index contributed by atoms with van der Waals surface area (Å²) >= 11 is 0. The molecular weight excluding hydrogens is 328 g/mol. The number of benzene rings is 1. The van der Waals surface area contributed by atoms with E-state index in [1.807, 2.05) is 27.9 Å². The van der Waals surface area contributed by atoms with E-state index in [1.165, 1.54) is 11.3 Å². The van der Waals surface area contributed by atoms with Gasteiger partial charge in [0.1, 0.15) is 0 Å². The number of nitrogens with zero attached hydrogens (tertiary/aromatic N) is 5. The van der Waals surface area contributed by atoms with Crippen LogP contribution in [0.4, 0.5) is 5.69 Å². The molecule has 1 N–H and O–H groups in total. The minimum Gasteiger partial charge on any atom is -0.372 e. The zero-order valence-electron chi connectivity index (χ0n) is 15.4. The van der Waals surface area contributed by atoms with Crippen LogP contribution in [0.5, 0.6) is 0 Å². The quantitative estimate of drug-likeness (QED) is 0.889. The van der Waals surface area contributed by atoms with Crippen molar-refractivity contribution in [1.82, 2.24) is 25.2 Å². The van der Waals surface area contributed by atoms with Gasteiger partial charge in [-0.25, -0.2) is 4.68 Å². The highest BCUT2D eigenvalue weighted by atomic mass is 16.2. The van der Waals surface area contributed by atoms with E-state index in [4.69, 9.17) is 0 Å². The Bertz CT molecular complexity index is 782. The largest absolute Gasteiger partial charge is 0.372 e. The van der Waals surface area contributed by atoms with Crippen molar-refractivity contribution in [3.63, 3.8) is 0 Å². The minimum atomic E-state index is -0.0391. The first-order valence-corrected chi connectivity index (χ1v) is 9.36. The number of nitrogens with one attached hydrogen (secondary N) is 1. The molecule has 0 radical (unpaired) electrons. The van der Waals surface area contributed by atoms with Gasteiger partial charge in [-0.3, -0.25) is 4.79 Å². The van der Waals surface area contributed by atoms with E-state index in [1.54, 1.807) is 0 Å². The number of para-hydroxylation sites is 1. The molecule has 4 rings (SSSR count). The first-order chi connectivity index (χ1) is 12.6. The summed E-state index contributed by atoms with van der Waals surface area (Å²) in [4.78, 5) is 17.3. The number of aromatic nitrogens is 3. The lowest BCUT2D eigenvalue weighted by Crippen LogP contribution is -2.42. The summed E-state index contributed by atoms with van der Waals surface area (Å²) in [5.41, 5.74) is 2.80. The Morgan fingerprint density at radius 1 is 1.23 bits per heavy atom. The maximum atomic E-state index is 13.2. The lowest BCUT2D eigenvalue weighted by Gasteiger charge is -2.27. The second-order valence-corrected chi connectivity index (χ2v) is 7.36. The van der Waals surface area contributed by atoms with Crippen LogP contribution in [0.2, 0.25) is 0 Å². The van der Waals surface area contributed by atoms with E-state index < -0.39 is 0 Å². The number of hydrogen-bond donors (Lipinski definition) is 1. The van der Waals surface area contributed by atoms with E-state index in [0.29, 0.717) is 18.3 Å². The molecule has 1 atom stereocenters. The van der Waals surface area contributed by atoms with Gasteiger partial charge in [0.2, 0.25) is 0 Å². The van der Waals surface area contributed by atoms with Crippen molar-refractivity contribution in [2.24, 2.45) is 0 Å². The van der Waals surface area contributed by atoms with E-state index in [9.17, 15) is 4.79 Å². The van der Waals surface area contributed by atoms with Crippen LogP contribution in [0.25, 0.3) is 0 Å². The van der Waals surface area contributed by atoms with Crippen LogP contribution in [0.1, 0.15) is 41.9 Å². The van der Waals surface area contributed by atoms with Gasteiger partial charge in [-0.15, -0.1) is 5.10 Å². The van der Waals surface area contributed by atoms with Gasteiger partial charge in [-0.1, -0.05) is 23.4 Å². The Balaban J connectivity index is 1.56. The van der Waals surface area contributed by atoms with Gasteiger partial charge >= 0.3 is 0 Å². The summed E-state index contributed by atoms with van der Waals surface area (Å²) in [5.74, 6) is -0.0391. The molecule has 1 aromatic heterocycles. The normalized spacial score (nSPS) is 21.4. The van der Waals surface area contributed by atoms with Crippen molar-refractivity contribution in [3.8, 4) is 0 Å². The predicted octanol–water partition coefficient (Wildman–Crippen LogP) is 1.68. The average Bonchev–Trinajstić information content (AvgIpc) is 3.12. The second kappa shape index (κ2) is 7.07. The fourth-order valence-corrected chi connectivity index (χ4v) is 3.99. The van der Waals surface area contributed by atoms with Crippen LogP contribution in [-0.4, -0.2) is 58.5 Å². The number of rotatable bonds is 2. The van der Waals surface area contributed by atoms with Crippen LogP contribution in [-0.2, 0) is 6.54 Å². The molecule has 1 fully saturated rings. The Morgan fingerprint density at radius 3 is 2.81 bits per heavy atom. The van der Waals surface area contributed by atoms with Crippen LogP contribution in [0, 0.1) is 0 Å². The number of carbonyl (C=O) groups is 1. The molecule has 0 saturated carbocycles. The van der Waals surface area contributed by atoms with Crippen molar-refractivity contribution >= 4 is 11.6 Å². The third-order valence-electron chi connectivity index (χ3n) is 5.49. The molecule has 2 aliphatic rings. The standard InChI is InChI=1S/C19H26N6O/c1-14-11-23(2)18-6-4-3-5-15(18)12-24(14)19(26)17-13-25(22-21-17)16-7-9-20-10-8-16/h3-6,13-14,16,20H,7-12H2,1-2H3/t14-/m1/s1. The first-order valence-electron chi connectivity index (χ1n) is 9.36. The highest BCUT2D eigenvalue weighted by Gasteiger charge is 2.29. The molecule has 0 aliphatic carbocycles. The smallest absolute Gasteiger partial charge is 0.276 e. The summed E-state index contributed by atoms with van der Waals surface area (Å²) in [6.07, 6.45) is 3.87. The van der Waals surface area contributed by atoms with E-state index in [-0.39, 0.29) is 11.9 Å². The van der Waals surface area contributed by atoms with Gasteiger partial charge in [0.05, 0.1) is 12.2 Å². The lowest BCUT2D eigenvalue weighted by molar-refractivity contribution is 0.0681. The summed E-state index contributed by atoms with van der Waals surface area (Å²) in [7, 11) is 2.08. The zero-order valence-corrected chi connectivity index (χ0v) is 15.4. The maximum Gasteiger partial charge on any atom is 0.276 e. The number of fused-ring (bicyclic) bond motifs is 1. The molecule has 1 amide bonds. The van der Waals surface area contributed by atoms with Gasteiger partial charge in [-0.2, -0.15) is 0 Å². The molecule has 138 valence electrons. The molecule has 7 nitrogen and oxygen atoms in total. The van der Waals surface area contributed by atoms with E-state index in [2.05, 4.69) is 46.6 Å². The number of piperidine rings is 1. The number of carbonyl (C=O) groups excluding carboxylic acids is 1. The highest BCUT2D eigenvalue weighted by molar-refractivity contribution is 5.92. The summed E-state index contributed by atoms with van der Waals surface area (Å²) in [6, 6.07) is 8.71. The van der Waals surface area contributed by atoms with Crippen molar-refractivity contribution < 1.29 is 4.79 Å². The molecule has 3 heterocycles. The Hall–Kier alpha value is -2.41. The van der Waals surface area contributed by atoms with Crippen LogP contribution in [0.3, 0.4) is 0 Å². The predicted molar refractivity (Wildman–Crippen MR) is 100 cm³/mol. The minimum absolute atomic E-state index is 0.0391. The monoisotopic (exact) mass is 354 g/mol. The molecule has 2 aliphatic heterocycles. The third kappa shape index (κ3) is 3.19. The maximum absolute atomic E-state index is 13.2. The van der Waals surface area contributed by atoms with Gasteiger partial charge < -0.3 is 15.1 Å². The molecule has 2 aromatic rings. The molecule has 0 bridgehead atoms. The Kier molecular flexibility index (Phi) is 4.63. The van der Waals surface area contributed by atoms with Gasteiger partial charge in [0, 0.05) is 31.9 Å². The fourth-order valence-electron chi connectivity index (χ4n) is 3.99. The molecule has 0 unspecified atom stereocenters. The van der Waals surface area contributed by atoms with Crippen molar-refractivity contribution in [1.29, 1.82) is 0 Å². The average molecular weight is 354 g/mol. The Morgan fingerprint density at radius 2 is 2.00 bits per heavy atom. The molecule has 7 heteroatoms. The molecule has 0 spiro atoms. The Labute approximate surface area is 154 Å². The SMILES string of the molecule is C[C@@H]1CN(C)c2ccccc2CN1C(=O)c1cn(C2CCNCC2)nn1. The molecule has 1 aromatic carbocycles. The summed E-state index contributed by atoms with van der Waals surface area (Å²) in [6.45, 7) is 5.46. The molecular formula is C19H26N6O. The van der Waals surface area contributed by atoms with Crippen LogP contribution < -0.4 is 10.2 Å².